The minimum Gasteiger partial charge on any atom is -0.480 e. The van der Waals surface area contributed by atoms with Gasteiger partial charge in [0.1, 0.15) is 6.04 Å². The molecule has 1 aromatic carbocycles. The molecule has 1 saturated heterocycles. The van der Waals surface area contributed by atoms with Crippen LogP contribution in [0.3, 0.4) is 0 Å². The number of nitrogens with zero attached hydrogens (tertiary/aromatic N) is 2. The number of carbonyl (C=O) groups is 2. The van der Waals surface area contributed by atoms with Gasteiger partial charge in [-0.2, -0.15) is 5.26 Å². The van der Waals surface area contributed by atoms with Crippen molar-refractivity contribution < 1.29 is 14.7 Å². The number of carbonyl (C=O) groups excluding carboxylic acids is 1. The predicted octanol–water partition coefficient (Wildman–Crippen LogP) is 2.14. The molecule has 0 spiro atoms. The zero-order chi connectivity index (χ0) is 16.7. The SMILES string of the molecule is N#Cc1cccc(CC(NC(=O)N2CCCCCC2)C(=O)O)c1. The van der Waals surface area contributed by atoms with Gasteiger partial charge in [-0.05, 0) is 30.5 Å². The summed E-state index contributed by atoms with van der Waals surface area (Å²) < 4.78 is 0. The summed E-state index contributed by atoms with van der Waals surface area (Å²) in [6, 6.07) is 7.48. The van der Waals surface area contributed by atoms with Crippen LogP contribution in [-0.4, -0.2) is 41.1 Å². The van der Waals surface area contributed by atoms with Crippen molar-refractivity contribution in [2.45, 2.75) is 38.1 Å². The summed E-state index contributed by atoms with van der Waals surface area (Å²) in [7, 11) is 0. The molecule has 2 N–H and O–H groups in total. The number of hydrogen-bond acceptors (Lipinski definition) is 3. The minimum absolute atomic E-state index is 0.157. The Kier molecular flexibility index (Phi) is 5.98. The van der Waals surface area contributed by atoms with Crippen LogP contribution in [0.1, 0.15) is 36.8 Å². The van der Waals surface area contributed by atoms with Gasteiger partial charge < -0.3 is 15.3 Å². The van der Waals surface area contributed by atoms with Crippen LogP contribution in [0.5, 0.6) is 0 Å². The second kappa shape index (κ2) is 8.18. The maximum absolute atomic E-state index is 12.3. The number of hydrogen-bond donors (Lipinski definition) is 2. The van der Waals surface area contributed by atoms with E-state index in [-0.39, 0.29) is 12.5 Å². The number of urea groups is 1. The van der Waals surface area contributed by atoms with Crippen LogP contribution < -0.4 is 5.32 Å². The highest BCUT2D eigenvalue weighted by atomic mass is 16.4. The molecule has 1 fully saturated rings. The number of benzene rings is 1. The Balaban J connectivity index is 2.01. The summed E-state index contributed by atoms with van der Waals surface area (Å²) in [5.74, 6) is -1.07. The third kappa shape index (κ3) is 4.99. The van der Waals surface area contributed by atoms with E-state index in [0.29, 0.717) is 24.2 Å². The van der Waals surface area contributed by atoms with Crippen LogP contribution >= 0.6 is 0 Å². The average molecular weight is 315 g/mol. The summed E-state index contributed by atoms with van der Waals surface area (Å²) in [5.41, 5.74) is 1.19. The van der Waals surface area contributed by atoms with E-state index in [2.05, 4.69) is 5.32 Å². The van der Waals surface area contributed by atoms with Gasteiger partial charge in [-0.25, -0.2) is 9.59 Å². The van der Waals surface area contributed by atoms with E-state index >= 15 is 0 Å². The largest absolute Gasteiger partial charge is 0.480 e. The zero-order valence-corrected chi connectivity index (χ0v) is 13.0. The first-order valence-corrected chi connectivity index (χ1v) is 7.87. The molecule has 2 amide bonds. The topological polar surface area (TPSA) is 93.4 Å². The second-order valence-corrected chi connectivity index (χ2v) is 5.76. The molecule has 0 radical (unpaired) electrons. The zero-order valence-electron chi connectivity index (χ0n) is 13.0. The number of rotatable bonds is 4. The van der Waals surface area contributed by atoms with Crippen molar-refractivity contribution in [3.05, 3.63) is 35.4 Å². The first kappa shape index (κ1) is 16.8. The maximum Gasteiger partial charge on any atom is 0.326 e. The first-order valence-electron chi connectivity index (χ1n) is 7.87. The normalized spacial score (nSPS) is 16.0. The van der Waals surface area contributed by atoms with Crippen LogP contribution in [0.4, 0.5) is 4.79 Å². The molecule has 0 bridgehead atoms. The summed E-state index contributed by atoms with van der Waals surface area (Å²) in [4.78, 5) is 25.4. The van der Waals surface area contributed by atoms with E-state index in [1.165, 1.54) is 0 Å². The molecule has 6 nitrogen and oxygen atoms in total. The quantitative estimate of drug-likeness (QED) is 0.890. The Morgan fingerprint density at radius 2 is 1.96 bits per heavy atom. The van der Waals surface area contributed by atoms with Gasteiger partial charge in [0.25, 0.3) is 0 Å². The van der Waals surface area contributed by atoms with E-state index < -0.39 is 12.0 Å². The number of amides is 2. The highest BCUT2D eigenvalue weighted by Gasteiger charge is 2.24. The molecular formula is C17H21N3O3. The Hall–Kier alpha value is -2.55. The fraction of sp³-hybridized carbons (Fsp3) is 0.471. The van der Waals surface area contributed by atoms with Crippen molar-refractivity contribution in [1.82, 2.24) is 10.2 Å². The molecule has 1 aromatic rings. The monoisotopic (exact) mass is 315 g/mol. The molecule has 0 aliphatic carbocycles. The molecule has 0 aromatic heterocycles. The van der Waals surface area contributed by atoms with Crippen LogP contribution in [0.25, 0.3) is 0 Å². The van der Waals surface area contributed by atoms with Gasteiger partial charge in [-0.1, -0.05) is 25.0 Å². The summed E-state index contributed by atoms with van der Waals surface area (Å²) >= 11 is 0. The van der Waals surface area contributed by atoms with Gasteiger partial charge >= 0.3 is 12.0 Å². The third-order valence-corrected chi connectivity index (χ3v) is 3.98. The molecule has 1 aliphatic rings. The van der Waals surface area contributed by atoms with Gasteiger partial charge in [0.15, 0.2) is 0 Å². The lowest BCUT2D eigenvalue weighted by atomic mass is 10.0. The lowest BCUT2D eigenvalue weighted by molar-refractivity contribution is -0.139. The van der Waals surface area contributed by atoms with Crippen LogP contribution in [-0.2, 0) is 11.2 Å². The van der Waals surface area contributed by atoms with Crippen LogP contribution in [0.2, 0.25) is 0 Å². The van der Waals surface area contributed by atoms with Gasteiger partial charge in [0.05, 0.1) is 11.6 Å². The summed E-state index contributed by atoms with van der Waals surface area (Å²) in [6.07, 6.45) is 4.27. The van der Waals surface area contributed by atoms with E-state index in [0.717, 1.165) is 25.7 Å². The smallest absolute Gasteiger partial charge is 0.326 e. The summed E-state index contributed by atoms with van der Waals surface area (Å²) in [5, 5.41) is 20.9. The molecule has 6 heteroatoms. The Morgan fingerprint density at radius 3 is 2.57 bits per heavy atom. The first-order chi connectivity index (χ1) is 11.1. The average Bonchev–Trinajstić information content (AvgIpc) is 2.83. The molecule has 23 heavy (non-hydrogen) atoms. The van der Waals surface area contributed by atoms with Crippen molar-refractivity contribution in [3.63, 3.8) is 0 Å². The number of nitrogens with one attached hydrogen (secondary N) is 1. The molecule has 122 valence electrons. The Bertz CT molecular complexity index is 601. The van der Waals surface area contributed by atoms with Crippen LogP contribution in [0.15, 0.2) is 24.3 Å². The molecule has 1 unspecified atom stereocenters. The minimum atomic E-state index is -1.07. The van der Waals surface area contributed by atoms with Gasteiger partial charge in [-0.3, -0.25) is 0 Å². The lowest BCUT2D eigenvalue weighted by Crippen LogP contribution is -2.49. The summed E-state index contributed by atoms with van der Waals surface area (Å²) in [6.45, 7) is 1.34. The highest BCUT2D eigenvalue weighted by molar-refractivity contribution is 5.82. The highest BCUT2D eigenvalue weighted by Crippen LogP contribution is 2.11. The van der Waals surface area contributed by atoms with E-state index in [9.17, 15) is 14.7 Å². The maximum atomic E-state index is 12.3. The number of aliphatic carboxylic acids is 1. The number of carboxylic acids is 1. The number of carboxylic acid groups (broad SMARTS) is 1. The van der Waals surface area contributed by atoms with E-state index in [4.69, 9.17) is 5.26 Å². The van der Waals surface area contributed by atoms with Crippen LogP contribution in [0, 0.1) is 11.3 Å². The van der Waals surface area contributed by atoms with Crippen molar-refractivity contribution in [2.75, 3.05) is 13.1 Å². The third-order valence-electron chi connectivity index (χ3n) is 3.98. The fourth-order valence-electron chi connectivity index (χ4n) is 2.72. The van der Waals surface area contributed by atoms with E-state index in [1.807, 2.05) is 6.07 Å². The van der Waals surface area contributed by atoms with Gasteiger partial charge in [0, 0.05) is 19.5 Å². The molecule has 2 rings (SSSR count). The standard InChI is InChI=1S/C17H21N3O3/c18-12-14-7-5-6-13(10-14)11-15(16(21)22)19-17(23)20-8-3-1-2-4-9-20/h5-7,10,15H,1-4,8-9,11H2,(H,19,23)(H,21,22). The second-order valence-electron chi connectivity index (χ2n) is 5.76. The van der Waals surface area contributed by atoms with Gasteiger partial charge in [0.2, 0.25) is 0 Å². The predicted molar refractivity (Wildman–Crippen MR) is 84.9 cm³/mol. The number of nitriles is 1. The van der Waals surface area contributed by atoms with E-state index in [1.54, 1.807) is 29.2 Å². The Morgan fingerprint density at radius 1 is 1.26 bits per heavy atom. The molecular weight excluding hydrogens is 294 g/mol. The lowest BCUT2D eigenvalue weighted by Gasteiger charge is -2.23. The Labute approximate surface area is 135 Å². The fourth-order valence-corrected chi connectivity index (χ4v) is 2.72. The van der Waals surface area contributed by atoms with Crippen molar-refractivity contribution in [2.24, 2.45) is 0 Å². The van der Waals surface area contributed by atoms with Crippen molar-refractivity contribution in [3.8, 4) is 6.07 Å². The molecule has 1 atom stereocenters. The van der Waals surface area contributed by atoms with Crippen molar-refractivity contribution in [1.29, 1.82) is 5.26 Å². The van der Waals surface area contributed by atoms with Gasteiger partial charge in [-0.15, -0.1) is 0 Å². The molecule has 1 aliphatic heterocycles. The van der Waals surface area contributed by atoms with Crippen molar-refractivity contribution >= 4 is 12.0 Å². The number of likely N-dealkylation sites (tertiary alicyclic amines) is 1. The molecule has 1 heterocycles. The molecule has 0 saturated carbocycles.